The average Bonchev–Trinajstić information content (AvgIpc) is 3.13. The van der Waals surface area contributed by atoms with Gasteiger partial charge in [-0.25, -0.2) is 24.1 Å². The molecule has 1 fully saturated rings. The van der Waals surface area contributed by atoms with Crippen LogP contribution in [0.25, 0.3) is 11.2 Å². The van der Waals surface area contributed by atoms with E-state index in [0.717, 1.165) is 0 Å². The number of thioether (sulfide) groups is 1. The first-order chi connectivity index (χ1) is 13.4. The Balaban J connectivity index is 1.80. The molecular formula is C11H17N5O10P2S. The van der Waals surface area contributed by atoms with Crippen molar-refractivity contribution in [2.75, 3.05) is 18.6 Å². The summed E-state index contributed by atoms with van der Waals surface area (Å²) in [6.45, 7) is -0.817. The van der Waals surface area contributed by atoms with Gasteiger partial charge >= 0.3 is 15.6 Å². The number of nitrogen functional groups attached to an aromatic ring is 1. The first-order valence-electron chi connectivity index (χ1n) is 7.71. The highest BCUT2D eigenvalue weighted by molar-refractivity contribution is 7.98. The van der Waals surface area contributed by atoms with Crippen molar-refractivity contribution in [2.45, 2.75) is 29.7 Å². The molecule has 15 nitrogen and oxygen atoms in total. The molecule has 0 amide bonds. The van der Waals surface area contributed by atoms with Crippen LogP contribution in [0, 0.1) is 0 Å². The molecule has 29 heavy (non-hydrogen) atoms. The third-order valence-corrected chi connectivity index (χ3v) is 6.53. The molecule has 2 aromatic rings. The molecule has 1 aliphatic rings. The molecule has 0 bridgehead atoms. The lowest BCUT2D eigenvalue weighted by Crippen LogP contribution is -2.33. The number of phosphoric acid groups is 2. The summed E-state index contributed by atoms with van der Waals surface area (Å²) in [7, 11) is -10.4. The minimum atomic E-state index is -5.30. The molecule has 3 rings (SSSR count). The summed E-state index contributed by atoms with van der Waals surface area (Å²) in [5.74, 6) is 0.0989. The van der Waals surface area contributed by atoms with Crippen molar-refractivity contribution in [1.82, 2.24) is 19.5 Å². The second kappa shape index (κ2) is 8.17. The number of aromatic nitrogens is 4. The number of rotatable bonds is 7. The molecule has 3 heterocycles. The van der Waals surface area contributed by atoms with Crippen molar-refractivity contribution in [1.29, 1.82) is 0 Å². The quantitative estimate of drug-likeness (QED) is 0.160. The van der Waals surface area contributed by atoms with Crippen LogP contribution in [-0.2, 0) is 22.7 Å². The van der Waals surface area contributed by atoms with Crippen molar-refractivity contribution in [3.63, 3.8) is 0 Å². The zero-order valence-electron chi connectivity index (χ0n) is 14.5. The molecule has 18 heteroatoms. The topological polar surface area (TPSA) is 233 Å². The van der Waals surface area contributed by atoms with E-state index in [0.29, 0.717) is 5.16 Å². The van der Waals surface area contributed by atoms with Gasteiger partial charge in [-0.1, -0.05) is 11.8 Å². The minimum Gasteiger partial charge on any atom is -0.387 e. The molecule has 5 atom stereocenters. The maximum Gasteiger partial charge on any atom is 0.481 e. The van der Waals surface area contributed by atoms with Gasteiger partial charge in [-0.3, -0.25) is 9.09 Å². The second-order valence-electron chi connectivity index (χ2n) is 5.80. The number of phosphoric ester groups is 1. The summed E-state index contributed by atoms with van der Waals surface area (Å²) < 4.78 is 37.1. The van der Waals surface area contributed by atoms with Crippen LogP contribution in [-0.4, -0.2) is 75.6 Å². The maximum absolute atomic E-state index is 11.5. The number of imidazole rings is 1. The number of ether oxygens (including phenoxy) is 1. The first kappa shape index (κ1) is 22.5. The van der Waals surface area contributed by atoms with E-state index >= 15 is 0 Å². The minimum absolute atomic E-state index is 0.0989. The molecule has 1 aliphatic heterocycles. The Kier molecular flexibility index (Phi) is 6.34. The van der Waals surface area contributed by atoms with Gasteiger partial charge in [0.2, 0.25) is 0 Å². The molecular weight excluding hydrogens is 456 g/mol. The van der Waals surface area contributed by atoms with E-state index in [1.54, 1.807) is 6.26 Å². The van der Waals surface area contributed by atoms with Gasteiger partial charge in [0, 0.05) is 0 Å². The van der Waals surface area contributed by atoms with Gasteiger partial charge in [0.05, 0.1) is 12.9 Å². The van der Waals surface area contributed by atoms with Gasteiger partial charge in [-0.05, 0) is 6.26 Å². The van der Waals surface area contributed by atoms with E-state index < -0.39 is 46.8 Å². The predicted molar refractivity (Wildman–Crippen MR) is 96.3 cm³/mol. The molecule has 2 aromatic heterocycles. The fourth-order valence-corrected chi connectivity index (χ4v) is 4.58. The summed E-state index contributed by atoms with van der Waals surface area (Å²) in [5, 5.41) is 20.8. The van der Waals surface area contributed by atoms with E-state index in [9.17, 15) is 24.2 Å². The lowest BCUT2D eigenvalue weighted by molar-refractivity contribution is -0.0503. The molecule has 0 radical (unpaired) electrons. The molecule has 1 unspecified atom stereocenters. The van der Waals surface area contributed by atoms with E-state index in [2.05, 4.69) is 23.8 Å². The van der Waals surface area contributed by atoms with Gasteiger partial charge in [-0.2, -0.15) is 4.31 Å². The number of hydrogen-bond donors (Lipinski definition) is 6. The molecule has 0 aromatic carbocycles. The molecule has 0 aliphatic carbocycles. The zero-order valence-corrected chi connectivity index (χ0v) is 17.1. The maximum atomic E-state index is 11.5. The highest BCUT2D eigenvalue weighted by atomic mass is 32.2. The Hall–Kier alpha value is -1.16. The predicted octanol–water partition coefficient (Wildman–Crippen LogP) is -1.02. The van der Waals surface area contributed by atoms with E-state index in [1.165, 1.54) is 22.7 Å². The highest BCUT2D eigenvalue weighted by Crippen LogP contribution is 2.57. The SMILES string of the molecule is CSc1nc(N)c2ncn([C@H]3O[C@@H](COP(=O)(O)OP(=O)(O)O)[C@@H](O)[C@H]3O)c2n1. The third kappa shape index (κ3) is 4.95. The van der Waals surface area contributed by atoms with Crippen LogP contribution in [0.2, 0.25) is 0 Å². The summed E-state index contributed by atoms with van der Waals surface area (Å²) >= 11 is 1.22. The monoisotopic (exact) mass is 473 g/mol. The number of aliphatic hydroxyl groups excluding tert-OH is 2. The molecule has 162 valence electrons. The molecule has 1 saturated heterocycles. The number of nitrogens with zero attached hydrogens (tertiary/aromatic N) is 4. The fraction of sp³-hybridized carbons (Fsp3) is 0.545. The fourth-order valence-electron chi connectivity index (χ4n) is 2.62. The summed E-state index contributed by atoms with van der Waals surface area (Å²) in [6.07, 6.45) is -2.66. The van der Waals surface area contributed by atoms with Gasteiger partial charge < -0.3 is 35.4 Å². The van der Waals surface area contributed by atoms with E-state index in [-0.39, 0.29) is 17.0 Å². The van der Waals surface area contributed by atoms with Crippen LogP contribution in [0.15, 0.2) is 11.5 Å². The van der Waals surface area contributed by atoms with Crippen LogP contribution in [0.3, 0.4) is 0 Å². The van der Waals surface area contributed by atoms with Crippen molar-refractivity contribution in [2.24, 2.45) is 0 Å². The van der Waals surface area contributed by atoms with Crippen LogP contribution in [0.1, 0.15) is 6.23 Å². The van der Waals surface area contributed by atoms with Crippen LogP contribution in [0.5, 0.6) is 0 Å². The standard InChI is InChI=1S/C11H17N5O10P2S/c1-29-11-14-8(12)5-9(15-11)16(3-13-5)10-7(18)6(17)4(25-10)2-24-28(22,23)26-27(19,20)21/h3-4,6-7,10,17-18H,2H2,1H3,(H,22,23)(H2,12,14,15)(H2,19,20,21)/t4-,6+,7+,10-/m0/s1. The number of fused-ring (bicyclic) bond motifs is 1. The Morgan fingerprint density at radius 2 is 1.97 bits per heavy atom. The molecule has 7 N–H and O–H groups in total. The highest BCUT2D eigenvalue weighted by Gasteiger charge is 2.46. The number of aliphatic hydroxyl groups is 2. The molecule has 0 saturated carbocycles. The lowest BCUT2D eigenvalue weighted by atomic mass is 10.1. The number of anilines is 1. The van der Waals surface area contributed by atoms with Crippen molar-refractivity contribution in [3.05, 3.63) is 6.33 Å². The Morgan fingerprint density at radius 3 is 2.59 bits per heavy atom. The molecule has 0 spiro atoms. The Labute approximate surface area is 166 Å². The lowest BCUT2D eigenvalue weighted by Gasteiger charge is -2.17. The Morgan fingerprint density at radius 1 is 1.28 bits per heavy atom. The Bertz CT molecular complexity index is 1000. The van der Waals surface area contributed by atoms with Crippen molar-refractivity contribution in [3.8, 4) is 0 Å². The average molecular weight is 473 g/mol. The summed E-state index contributed by atoms with van der Waals surface area (Å²) in [6, 6.07) is 0. The van der Waals surface area contributed by atoms with Gasteiger partial charge in [0.25, 0.3) is 0 Å². The van der Waals surface area contributed by atoms with Gasteiger partial charge in [0.1, 0.15) is 23.8 Å². The summed E-state index contributed by atoms with van der Waals surface area (Å²) in [4.78, 5) is 38.8. The van der Waals surface area contributed by atoms with E-state index in [1.807, 2.05) is 0 Å². The van der Waals surface area contributed by atoms with Gasteiger partial charge in [-0.15, -0.1) is 0 Å². The van der Waals surface area contributed by atoms with Crippen LogP contribution < -0.4 is 5.73 Å². The second-order valence-corrected chi connectivity index (χ2v) is 9.41. The number of hydrogen-bond acceptors (Lipinski definition) is 12. The smallest absolute Gasteiger partial charge is 0.387 e. The van der Waals surface area contributed by atoms with Crippen molar-refractivity contribution < 1.29 is 47.6 Å². The number of nitrogens with two attached hydrogens (primary N) is 1. The van der Waals surface area contributed by atoms with Crippen molar-refractivity contribution >= 4 is 44.4 Å². The van der Waals surface area contributed by atoms with Crippen LogP contribution >= 0.6 is 27.4 Å². The van der Waals surface area contributed by atoms with E-state index in [4.69, 9.17) is 20.3 Å². The zero-order chi connectivity index (χ0) is 21.6. The summed E-state index contributed by atoms with van der Waals surface area (Å²) in [5.41, 5.74) is 6.29. The first-order valence-corrected chi connectivity index (χ1v) is 12.0. The normalized spacial score (nSPS) is 27.4. The van der Waals surface area contributed by atoms with Crippen LogP contribution in [0.4, 0.5) is 5.82 Å². The van der Waals surface area contributed by atoms with Gasteiger partial charge in [0.15, 0.2) is 22.8 Å². The third-order valence-electron chi connectivity index (χ3n) is 3.83. The largest absolute Gasteiger partial charge is 0.481 e.